The zero-order valence-electron chi connectivity index (χ0n) is 7.96. The number of nitrogens with two attached hydrogens (primary N) is 1. The summed E-state index contributed by atoms with van der Waals surface area (Å²) in [6.07, 6.45) is 5.48. The van der Waals surface area contributed by atoms with Crippen molar-refractivity contribution in [2.45, 2.75) is 6.54 Å². The van der Waals surface area contributed by atoms with Crippen molar-refractivity contribution in [2.75, 3.05) is 6.54 Å². The molecule has 74 valence electrons. The van der Waals surface area contributed by atoms with Crippen molar-refractivity contribution < 1.29 is 0 Å². The van der Waals surface area contributed by atoms with E-state index < -0.39 is 0 Å². The van der Waals surface area contributed by atoms with Crippen molar-refractivity contribution >= 4 is 0 Å². The van der Waals surface area contributed by atoms with Crippen LogP contribution in [-0.2, 0) is 13.6 Å². The fraction of sp³-hybridized carbons (Fsp3) is 0.375. The number of hydrogen-bond donors (Lipinski definition) is 1. The summed E-state index contributed by atoms with van der Waals surface area (Å²) in [7, 11) is 1.92. The first-order chi connectivity index (χ1) is 6.79. The Morgan fingerprint density at radius 1 is 1.36 bits per heavy atom. The number of rotatable bonds is 3. The number of imidazole rings is 1. The quantitative estimate of drug-likeness (QED) is 0.720. The molecule has 0 unspecified atom stereocenters. The van der Waals surface area contributed by atoms with Gasteiger partial charge < -0.3 is 10.3 Å². The van der Waals surface area contributed by atoms with Gasteiger partial charge >= 0.3 is 0 Å². The first-order valence-corrected chi connectivity index (χ1v) is 4.38. The van der Waals surface area contributed by atoms with Gasteiger partial charge in [-0.25, -0.2) is 4.98 Å². The van der Waals surface area contributed by atoms with Crippen molar-refractivity contribution in [3.05, 3.63) is 18.7 Å². The third-order valence-electron chi connectivity index (χ3n) is 1.86. The zero-order valence-corrected chi connectivity index (χ0v) is 7.96. The van der Waals surface area contributed by atoms with Crippen LogP contribution in [0.25, 0.3) is 11.4 Å². The molecule has 2 rings (SSSR count). The molecule has 0 spiro atoms. The Morgan fingerprint density at radius 3 is 2.86 bits per heavy atom. The molecule has 0 aliphatic carbocycles. The molecule has 2 N–H and O–H groups in total. The summed E-state index contributed by atoms with van der Waals surface area (Å²) in [5.74, 6) is 0. The van der Waals surface area contributed by atoms with Gasteiger partial charge in [-0.3, -0.25) is 4.68 Å². The summed E-state index contributed by atoms with van der Waals surface area (Å²) in [4.78, 5) is 4.18. The highest BCUT2D eigenvalue weighted by Gasteiger charge is 2.05. The van der Waals surface area contributed by atoms with Crippen molar-refractivity contribution in [2.24, 2.45) is 12.8 Å². The molecule has 0 bridgehead atoms. The molecule has 0 radical (unpaired) electrons. The van der Waals surface area contributed by atoms with E-state index in [2.05, 4.69) is 15.3 Å². The molecule has 2 aromatic heterocycles. The molecule has 0 aliphatic heterocycles. The Bertz CT molecular complexity index is 415. The average Bonchev–Trinajstić information content (AvgIpc) is 2.74. The van der Waals surface area contributed by atoms with E-state index in [0.717, 1.165) is 11.4 Å². The summed E-state index contributed by atoms with van der Waals surface area (Å²) in [5, 5.41) is 7.93. The molecule has 6 nitrogen and oxygen atoms in total. The predicted molar refractivity (Wildman–Crippen MR) is 51.3 cm³/mol. The molecule has 2 heterocycles. The summed E-state index contributed by atoms with van der Waals surface area (Å²) >= 11 is 0. The highest BCUT2D eigenvalue weighted by Crippen LogP contribution is 2.11. The van der Waals surface area contributed by atoms with Crippen LogP contribution < -0.4 is 5.73 Å². The third-order valence-corrected chi connectivity index (χ3v) is 1.86. The first kappa shape index (κ1) is 8.89. The molecule has 0 atom stereocenters. The van der Waals surface area contributed by atoms with E-state index in [1.165, 1.54) is 0 Å². The molecule has 0 aliphatic rings. The SMILES string of the molecule is Cn1cnc(-c2cn(CCN)nn2)c1. The van der Waals surface area contributed by atoms with Gasteiger partial charge in [0.25, 0.3) is 0 Å². The number of aromatic nitrogens is 5. The van der Waals surface area contributed by atoms with Gasteiger partial charge in [0.2, 0.25) is 0 Å². The fourth-order valence-corrected chi connectivity index (χ4v) is 1.20. The van der Waals surface area contributed by atoms with Gasteiger partial charge in [-0.1, -0.05) is 5.21 Å². The Labute approximate surface area is 81.4 Å². The maximum atomic E-state index is 5.40. The van der Waals surface area contributed by atoms with Gasteiger partial charge in [0.1, 0.15) is 11.4 Å². The second-order valence-electron chi connectivity index (χ2n) is 3.08. The van der Waals surface area contributed by atoms with Crippen LogP contribution in [0.1, 0.15) is 0 Å². The van der Waals surface area contributed by atoms with Crippen molar-refractivity contribution in [3.63, 3.8) is 0 Å². The van der Waals surface area contributed by atoms with Gasteiger partial charge in [-0.15, -0.1) is 5.10 Å². The predicted octanol–water partition coefficient (Wildman–Crippen LogP) is -0.363. The van der Waals surface area contributed by atoms with Crippen LogP contribution >= 0.6 is 0 Å². The van der Waals surface area contributed by atoms with E-state index >= 15 is 0 Å². The lowest BCUT2D eigenvalue weighted by Gasteiger charge is -1.92. The first-order valence-electron chi connectivity index (χ1n) is 4.38. The maximum Gasteiger partial charge on any atom is 0.132 e. The maximum absolute atomic E-state index is 5.40. The molecule has 2 aromatic rings. The largest absolute Gasteiger partial charge is 0.340 e. The van der Waals surface area contributed by atoms with Crippen LogP contribution in [0.3, 0.4) is 0 Å². The van der Waals surface area contributed by atoms with E-state index in [1.807, 2.05) is 24.0 Å². The minimum absolute atomic E-state index is 0.561. The van der Waals surface area contributed by atoms with E-state index in [1.54, 1.807) is 11.0 Å². The van der Waals surface area contributed by atoms with Gasteiger partial charge in [0.15, 0.2) is 0 Å². The topological polar surface area (TPSA) is 74.5 Å². The smallest absolute Gasteiger partial charge is 0.132 e. The van der Waals surface area contributed by atoms with Gasteiger partial charge in [-0.05, 0) is 0 Å². The fourth-order valence-electron chi connectivity index (χ4n) is 1.20. The minimum atomic E-state index is 0.561. The Balaban J connectivity index is 2.24. The molecule has 0 amide bonds. The molecular weight excluding hydrogens is 180 g/mol. The second kappa shape index (κ2) is 3.59. The highest BCUT2D eigenvalue weighted by atomic mass is 15.4. The van der Waals surface area contributed by atoms with Crippen LogP contribution in [0.2, 0.25) is 0 Å². The average molecular weight is 192 g/mol. The van der Waals surface area contributed by atoms with Crippen molar-refractivity contribution in [3.8, 4) is 11.4 Å². The minimum Gasteiger partial charge on any atom is -0.340 e. The van der Waals surface area contributed by atoms with Gasteiger partial charge in [0.05, 0.1) is 19.1 Å². The Hall–Kier alpha value is -1.69. The summed E-state index contributed by atoms with van der Waals surface area (Å²) in [6, 6.07) is 0. The number of nitrogens with zero attached hydrogens (tertiary/aromatic N) is 5. The normalized spacial score (nSPS) is 10.7. The van der Waals surface area contributed by atoms with E-state index in [0.29, 0.717) is 13.1 Å². The lowest BCUT2D eigenvalue weighted by Crippen LogP contribution is -2.10. The zero-order chi connectivity index (χ0) is 9.97. The second-order valence-corrected chi connectivity index (χ2v) is 3.08. The monoisotopic (exact) mass is 192 g/mol. The van der Waals surface area contributed by atoms with E-state index in [-0.39, 0.29) is 0 Å². The molecule has 0 fully saturated rings. The Morgan fingerprint density at radius 2 is 2.21 bits per heavy atom. The van der Waals surface area contributed by atoms with E-state index in [4.69, 9.17) is 5.73 Å². The van der Waals surface area contributed by atoms with Crippen LogP contribution in [0.5, 0.6) is 0 Å². The summed E-state index contributed by atoms with van der Waals surface area (Å²) in [5.41, 5.74) is 7.01. The lowest BCUT2D eigenvalue weighted by atomic mass is 10.4. The standard InChI is InChI=1S/C8H12N6/c1-13-4-7(10-6-13)8-5-14(3-2-9)12-11-8/h4-6H,2-3,9H2,1H3. The van der Waals surface area contributed by atoms with Crippen LogP contribution in [-0.4, -0.2) is 31.1 Å². The van der Waals surface area contributed by atoms with Crippen LogP contribution in [0, 0.1) is 0 Å². The highest BCUT2D eigenvalue weighted by molar-refractivity contribution is 5.50. The lowest BCUT2D eigenvalue weighted by molar-refractivity contribution is 0.598. The number of aryl methyl sites for hydroxylation is 1. The van der Waals surface area contributed by atoms with E-state index in [9.17, 15) is 0 Å². The number of hydrogen-bond acceptors (Lipinski definition) is 4. The van der Waals surface area contributed by atoms with Gasteiger partial charge in [-0.2, -0.15) is 0 Å². The van der Waals surface area contributed by atoms with Crippen molar-refractivity contribution in [1.29, 1.82) is 0 Å². The van der Waals surface area contributed by atoms with Crippen LogP contribution in [0.15, 0.2) is 18.7 Å². The summed E-state index contributed by atoms with van der Waals surface area (Å²) < 4.78 is 3.58. The molecule has 0 saturated carbocycles. The molecule has 0 aromatic carbocycles. The molecule has 6 heteroatoms. The molecule has 14 heavy (non-hydrogen) atoms. The Kier molecular flexibility index (Phi) is 2.28. The summed E-state index contributed by atoms with van der Waals surface area (Å²) in [6.45, 7) is 1.24. The van der Waals surface area contributed by atoms with Crippen LogP contribution in [0.4, 0.5) is 0 Å². The molecular formula is C8H12N6. The van der Waals surface area contributed by atoms with Crippen molar-refractivity contribution in [1.82, 2.24) is 24.5 Å². The third kappa shape index (κ3) is 1.64. The van der Waals surface area contributed by atoms with Gasteiger partial charge in [0, 0.05) is 19.8 Å². The molecule has 0 saturated heterocycles.